The van der Waals surface area contributed by atoms with E-state index in [1.54, 1.807) is 32.8 Å². The van der Waals surface area contributed by atoms with E-state index in [4.69, 9.17) is 9.47 Å². The first-order valence-electron chi connectivity index (χ1n) is 17.5. The third kappa shape index (κ3) is 6.73. The van der Waals surface area contributed by atoms with Crippen LogP contribution >= 0.6 is 0 Å². The van der Waals surface area contributed by atoms with E-state index in [-0.39, 0.29) is 17.6 Å². The van der Waals surface area contributed by atoms with Gasteiger partial charge in [-0.2, -0.15) is 25.4 Å². The van der Waals surface area contributed by atoms with Crippen LogP contribution in [0.4, 0.5) is 11.4 Å². The van der Waals surface area contributed by atoms with E-state index in [0.29, 0.717) is 31.1 Å². The van der Waals surface area contributed by atoms with Crippen molar-refractivity contribution in [1.29, 1.82) is 5.26 Å². The number of hydrogen-bond acceptors (Lipinski definition) is 9. The van der Waals surface area contributed by atoms with Gasteiger partial charge in [-0.3, -0.25) is 0 Å². The van der Waals surface area contributed by atoms with Crippen molar-refractivity contribution in [3.05, 3.63) is 113 Å². The molecule has 2 fully saturated rings. The lowest BCUT2D eigenvalue weighted by Crippen LogP contribution is -2.46. The second kappa shape index (κ2) is 14.6. The lowest BCUT2D eigenvalue weighted by atomic mass is 9.87. The van der Waals surface area contributed by atoms with E-state index >= 15 is 0 Å². The van der Waals surface area contributed by atoms with E-state index in [1.165, 1.54) is 0 Å². The average molecular weight is 674 g/mol. The second-order valence-corrected chi connectivity index (χ2v) is 13.1. The molecule has 0 spiro atoms. The number of rotatable bonds is 12. The zero-order valence-corrected chi connectivity index (χ0v) is 28.6. The van der Waals surface area contributed by atoms with Crippen molar-refractivity contribution in [1.82, 2.24) is 29.3 Å². The van der Waals surface area contributed by atoms with E-state index in [1.807, 2.05) is 48.5 Å². The van der Waals surface area contributed by atoms with Crippen molar-refractivity contribution in [2.45, 2.75) is 51.3 Å². The van der Waals surface area contributed by atoms with Crippen molar-refractivity contribution >= 4 is 11.4 Å². The Bertz CT molecular complexity index is 1960. The van der Waals surface area contributed by atoms with Gasteiger partial charge in [0.1, 0.15) is 23.7 Å². The molecule has 3 aromatic carbocycles. The number of ether oxygens (including phenoxy) is 2. The molecule has 0 unspecified atom stereocenters. The molecule has 2 saturated heterocycles. The molecule has 50 heavy (non-hydrogen) atoms. The minimum Gasteiger partial charge on any atom is -0.493 e. The minimum absolute atomic E-state index is 0.106. The van der Waals surface area contributed by atoms with Gasteiger partial charge in [-0.15, -0.1) is 0 Å². The summed E-state index contributed by atoms with van der Waals surface area (Å²) in [6, 6.07) is 26.6. The summed E-state index contributed by atoms with van der Waals surface area (Å²) in [5.74, 6) is 0.853. The van der Waals surface area contributed by atoms with Crippen LogP contribution in [0.2, 0.25) is 0 Å². The molecule has 7 rings (SSSR count). The van der Waals surface area contributed by atoms with E-state index < -0.39 is 5.60 Å². The smallest absolute Gasteiger partial charge is 0.350 e. The topological polar surface area (TPSA) is 119 Å². The summed E-state index contributed by atoms with van der Waals surface area (Å²) in [5.41, 5.74) is 3.89. The standard InChI is InChI=1S/C38H43N9O3/c1-3-32(4-2)47-37(48)45(28-42-47)34-12-10-33(11-13-34)43-18-20-44(21-19-43)36-15-14-35(22-30(36)24-39)49-25-29-23-38(50-26-29,27-46-40-16-17-41-46)31-8-6-5-7-9-31/h5-17,22,28-29,32H,3-4,18-21,23,25-27H2,1-2H3/t29-,38+/m0/s1. The number of nitrogens with zero attached hydrogens (tertiary/aromatic N) is 9. The molecule has 5 aromatic rings. The van der Waals surface area contributed by atoms with Gasteiger partial charge in [-0.1, -0.05) is 44.2 Å². The van der Waals surface area contributed by atoms with Gasteiger partial charge in [0.25, 0.3) is 0 Å². The van der Waals surface area contributed by atoms with Crippen LogP contribution < -0.4 is 20.2 Å². The Kier molecular flexibility index (Phi) is 9.67. The summed E-state index contributed by atoms with van der Waals surface area (Å²) >= 11 is 0. The summed E-state index contributed by atoms with van der Waals surface area (Å²) in [6.07, 6.45) is 7.48. The van der Waals surface area contributed by atoms with Crippen LogP contribution in [0.1, 0.15) is 50.3 Å². The molecular formula is C38H43N9O3. The number of anilines is 2. The van der Waals surface area contributed by atoms with Crippen LogP contribution in [0.25, 0.3) is 5.69 Å². The zero-order chi connectivity index (χ0) is 34.5. The molecule has 0 N–H and O–H groups in total. The van der Waals surface area contributed by atoms with Gasteiger partial charge in [-0.25, -0.2) is 14.0 Å². The van der Waals surface area contributed by atoms with Gasteiger partial charge >= 0.3 is 5.69 Å². The molecule has 2 aromatic heterocycles. The van der Waals surface area contributed by atoms with Gasteiger partial charge in [-0.05, 0) is 67.3 Å². The number of hydrogen-bond donors (Lipinski definition) is 0. The summed E-state index contributed by atoms with van der Waals surface area (Å²) in [5, 5.41) is 23.1. The van der Waals surface area contributed by atoms with E-state index in [2.05, 4.69) is 69.3 Å². The maximum Gasteiger partial charge on any atom is 0.350 e. The van der Waals surface area contributed by atoms with Gasteiger partial charge in [0.05, 0.1) is 55.1 Å². The number of aromatic nitrogens is 6. The highest BCUT2D eigenvalue weighted by Gasteiger charge is 2.43. The average Bonchev–Trinajstić information content (AvgIpc) is 3.93. The van der Waals surface area contributed by atoms with Crippen LogP contribution in [0.15, 0.2) is 96.3 Å². The van der Waals surface area contributed by atoms with Crippen molar-refractivity contribution < 1.29 is 9.47 Å². The maximum absolute atomic E-state index is 13.0. The molecule has 0 radical (unpaired) electrons. The van der Waals surface area contributed by atoms with Crippen LogP contribution in [-0.2, 0) is 16.9 Å². The Hall–Kier alpha value is -5.41. The summed E-state index contributed by atoms with van der Waals surface area (Å²) in [4.78, 5) is 19.3. The highest BCUT2D eigenvalue weighted by Crippen LogP contribution is 2.40. The lowest BCUT2D eigenvalue weighted by molar-refractivity contribution is -0.0209. The van der Waals surface area contributed by atoms with Crippen molar-refractivity contribution in [2.75, 3.05) is 49.2 Å². The predicted octanol–water partition coefficient (Wildman–Crippen LogP) is 5.20. The first kappa shape index (κ1) is 33.1. The maximum atomic E-state index is 13.0. The Labute approximate surface area is 292 Å². The zero-order valence-electron chi connectivity index (χ0n) is 28.6. The molecule has 12 nitrogen and oxygen atoms in total. The van der Waals surface area contributed by atoms with Gasteiger partial charge in [0.15, 0.2) is 0 Å². The fourth-order valence-corrected chi connectivity index (χ4v) is 7.26. The minimum atomic E-state index is -0.531. The first-order chi connectivity index (χ1) is 24.5. The van der Waals surface area contributed by atoms with Gasteiger partial charge in [0, 0.05) is 37.8 Å². The second-order valence-electron chi connectivity index (χ2n) is 13.1. The third-order valence-corrected chi connectivity index (χ3v) is 10.0. The Morgan fingerprint density at radius 3 is 2.32 bits per heavy atom. The Balaban J connectivity index is 0.954. The number of piperazine rings is 1. The Morgan fingerprint density at radius 1 is 0.920 bits per heavy atom. The molecule has 258 valence electrons. The molecule has 0 saturated carbocycles. The van der Waals surface area contributed by atoms with Crippen LogP contribution in [0, 0.1) is 17.2 Å². The largest absolute Gasteiger partial charge is 0.493 e. The molecule has 0 aliphatic carbocycles. The van der Waals surface area contributed by atoms with Crippen LogP contribution in [-0.4, -0.2) is 68.7 Å². The summed E-state index contributed by atoms with van der Waals surface area (Å²) in [7, 11) is 0. The summed E-state index contributed by atoms with van der Waals surface area (Å²) < 4.78 is 15.9. The quantitative estimate of drug-likeness (QED) is 0.176. The fourth-order valence-electron chi connectivity index (χ4n) is 7.26. The monoisotopic (exact) mass is 673 g/mol. The van der Waals surface area contributed by atoms with Crippen molar-refractivity contribution in [2.24, 2.45) is 5.92 Å². The first-order valence-corrected chi connectivity index (χ1v) is 17.5. The van der Waals surface area contributed by atoms with Crippen LogP contribution in [0.5, 0.6) is 5.75 Å². The molecule has 0 bridgehead atoms. The highest BCUT2D eigenvalue weighted by atomic mass is 16.5. The SMILES string of the molecule is CCC(CC)n1ncn(-c2ccc(N3CCN(c4ccc(OC[C@H]5CO[C@](Cn6nccn6)(c6ccccc6)C5)cc4C#N)CC3)cc2)c1=O. The molecule has 12 heteroatoms. The molecular weight excluding hydrogens is 630 g/mol. The van der Waals surface area contributed by atoms with Crippen molar-refractivity contribution in [3.8, 4) is 17.5 Å². The number of benzene rings is 3. The van der Waals surface area contributed by atoms with Crippen LogP contribution in [0.3, 0.4) is 0 Å². The summed E-state index contributed by atoms with van der Waals surface area (Å²) in [6.45, 7) is 8.92. The van der Waals surface area contributed by atoms with Gasteiger partial charge < -0.3 is 19.3 Å². The molecule has 2 aliphatic heterocycles. The molecule has 2 aliphatic rings. The van der Waals surface area contributed by atoms with E-state index in [9.17, 15) is 10.1 Å². The molecule has 2 atom stereocenters. The van der Waals surface area contributed by atoms with Gasteiger partial charge in [0.2, 0.25) is 0 Å². The third-order valence-electron chi connectivity index (χ3n) is 10.0. The van der Waals surface area contributed by atoms with E-state index in [0.717, 1.165) is 68.1 Å². The predicted molar refractivity (Wildman–Crippen MR) is 191 cm³/mol. The fraction of sp³-hybridized carbons (Fsp3) is 0.395. The number of nitriles is 1. The van der Waals surface area contributed by atoms with Crippen molar-refractivity contribution in [3.63, 3.8) is 0 Å². The molecule has 0 amide bonds. The normalized spacial score (nSPS) is 19.2. The Morgan fingerprint density at radius 2 is 1.62 bits per heavy atom. The molecule has 4 heterocycles. The lowest BCUT2D eigenvalue weighted by Gasteiger charge is -2.37. The highest BCUT2D eigenvalue weighted by molar-refractivity contribution is 5.63.